The van der Waals surface area contributed by atoms with Gasteiger partial charge < -0.3 is 4.42 Å². The summed E-state index contributed by atoms with van der Waals surface area (Å²) in [5, 5.41) is -2.07. The molecule has 0 bridgehead atoms. The van der Waals surface area contributed by atoms with Crippen LogP contribution in [0.15, 0.2) is 68.0 Å². The van der Waals surface area contributed by atoms with E-state index in [4.69, 9.17) is 4.42 Å². The van der Waals surface area contributed by atoms with Gasteiger partial charge in [-0.15, -0.1) is 0 Å². The maximum atomic E-state index is 13.1. The fraction of sp³-hybridized carbons (Fsp3) is 0.250. The molecular formula is C20H21NO5S2. The minimum atomic E-state index is -4.18. The number of sulfone groups is 2. The molecule has 0 amide bonds. The van der Waals surface area contributed by atoms with E-state index in [0.29, 0.717) is 5.56 Å². The molecule has 148 valence electrons. The Hall–Kier alpha value is -2.45. The van der Waals surface area contributed by atoms with E-state index in [-0.39, 0.29) is 10.8 Å². The SMILES string of the molecule is Cc1ccc(-c2nc(S(=O)(=O)c3ccc(C)cc3)c(S(=O)(=O)C(C)C)o2)cc1. The number of aryl methyl sites for hydroxylation is 2. The van der Waals surface area contributed by atoms with Gasteiger partial charge in [0.25, 0.3) is 5.09 Å². The molecule has 6 nitrogen and oxygen atoms in total. The third-order valence-corrected chi connectivity index (χ3v) is 8.17. The largest absolute Gasteiger partial charge is 0.423 e. The second kappa shape index (κ2) is 7.18. The molecule has 3 aromatic rings. The number of hydrogen-bond acceptors (Lipinski definition) is 6. The summed E-state index contributed by atoms with van der Waals surface area (Å²) in [6.45, 7) is 6.66. The third kappa shape index (κ3) is 3.62. The summed E-state index contributed by atoms with van der Waals surface area (Å²) in [5.74, 6) is -0.0510. The van der Waals surface area contributed by atoms with Crippen molar-refractivity contribution in [3.05, 3.63) is 59.7 Å². The standard InChI is InChI=1S/C20H21NO5S2/c1-13(2)27(22,23)20-19(28(24,25)17-11-7-15(4)8-12-17)21-18(26-20)16-9-5-14(3)6-10-16/h5-13H,1-4H3. The predicted octanol–water partition coefficient (Wildman–Crippen LogP) is 3.97. The van der Waals surface area contributed by atoms with E-state index < -0.39 is 35.0 Å². The Morgan fingerprint density at radius 2 is 1.32 bits per heavy atom. The minimum absolute atomic E-state index is 0.0398. The van der Waals surface area contributed by atoms with Crippen LogP contribution in [0.3, 0.4) is 0 Å². The molecule has 0 saturated carbocycles. The van der Waals surface area contributed by atoms with Gasteiger partial charge in [-0.05, 0) is 52.0 Å². The Kier molecular flexibility index (Phi) is 5.20. The topological polar surface area (TPSA) is 94.3 Å². The molecule has 0 aliphatic carbocycles. The van der Waals surface area contributed by atoms with Gasteiger partial charge in [0, 0.05) is 5.56 Å². The second-order valence-electron chi connectivity index (χ2n) is 6.89. The molecule has 1 heterocycles. The molecule has 0 fully saturated rings. The van der Waals surface area contributed by atoms with Crippen LogP contribution in [-0.2, 0) is 19.7 Å². The molecule has 1 aromatic heterocycles. The number of benzene rings is 2. The highest BCUT2D eigenvalue weighted by Gasteiger charge is 2.36. The van der Waals surface area contributed by atoms with Crippen LogP contribution in [0.5, 0.6) is 0 Å². The summed E-state index contributed by atoms with van der Waals surface area (Å²) in [4.78, 5) is 4.06. The summed E-state index contributed by atoms with van der Waals surface area (Å²) in [6.07, 6.45) is 0. The lowest BCUT2D eigenvalue weighted by Gasteiger charge is -2.07. The molecule has 0 N–H and O–H groups in total. The number of aromatic nitrogens is 1. The first-order chi connectivity index (χ1) is 13.0. The van der Waals surface area contributed by atoms with Crippen molar-refractivity contribution in [2.45, 2.75) is 48.0 Å². The molecule has 28 heavy (non-hydrogen) atoms. The molecule has 0 aliphatic rings. The zero-order chi connectivity index (χ0) is 20.7. The summed E-state index contributed by atoms with van der Waals surface area (Å²) in [5.41, 5.74) is 2.38. The minimum Gasteiger partial charge on any atom is -0.423 e. The van der Waals surface area contributed by atoms with E-state index in [1.54, 1.807) is 24.3 Å². The molecule has 0 atom stereocenters. The van der Waals surface area contributed by atoms with Gasteiger partial charge in [0.15, 0.2) is 0 Å². The smallest absolute Gasteiger partial charge is 0.258 e. The van der Waals surface area contributed by atoms with Crippen LogP contribution >= 0.6 is 0 Å². The Morgan fingerprint density at radius 3 is 1.82 bits per heavy atom. The van der Waals surface area contributed by atoms with Gasteiger partial charge in [0.2, 0.25) is 30.6 Å². The Labute approximate surface area is 165 Å². The van der Waals surface area contributed by atoms with Crippen molar-refractivity contribution in [1.29, 1.82) is 0 Å². The lowest BCUT2D eigenvalue weighted by atomic mass is 10.1. The van der Waals surface area contributed by atoms with Crippen molar-refractivity contribution in [2.24, 2.45) is 0 Å². The van der Waals surface area contributed by atoms with Gasteiger partial charge in [0.05, 0.1) is 10.1 Å². The monoisotopic (exact) mass is 419 g/mol. The van der Waals surface area contributed by atoms with Crippen LogP contribution in [-0.4, -0.2) is 27.1 Å². The molecule has 8 heteroatoms. The van der Waals surface area contributed by atoms with Crippen molar-refractivity contribution in [1.82, 2.24) is 4.98 Å². The predicted molar refractivity (Wildman–Crippen MR) is 106 cm³/mol. The highest BCUT2D eigenvalue weighted by Crippen LogP contribution is 2.33. The Bertz CT molecular complexity index is 1200. The van der Waals surface area contributed by atoms with Crippen LogP contribution in [0.25, 0.3) is 11.5 Å². The number of oxazole rings is 1. The second-order valence-corrected chi connectivity index (χ2v) is 11.2. The summed E-state index contributed by atoms with van der Waals surface area (Å²) < 4.78 is 57.4. The van der Waals surface area contributed by atoms with E-state index >= 15 is 0 Å². The van der Waals surface area contributed by atoms with Crippen molar-refractivity contribution in [2.75, 3.05) is 0 Å². The van der Waals surface area contributed by atoms with E-state index in [9.17, 15) is 16.8 Å². The van der Waals surface area contributed by atoms with Gasteiger partial charge in [-0.1, -0.05) is 35.4 Å². The molecule has 3 rings (SSSR count). The van der Waals surface area contributed by atoms with Crippen LogP contribution in [0.4, 0.5) is 0 Å². The zero-order valence-corrected chi connectivity index (χ0v) is 17.6. The average molecular weight is 420 g/mol. The average Bonchev–Trinajstić information content (AvgIpc) is 3.09. The fourth-order valence-corrected chi connectivity index (χ4v) is 5.28. The van der Waals surface area contributed by atoms with Gasteiger partial charge in [-0.3, -0.25) is 0 Å². The number of rotatable bonds is 5. The first kappa shape index (κ1) is 20.3. The normalized spacial score (nSPS) is 12.5. The van der Waals surface area contributed by atoms with Gasteiger partial charge in [-0.25, -0.2) is 16.8 Å². The number of nitrogens with zero attached hydrogens (tertiary/aromatic N) is 1. The van der Waals surface area contributed by atoms with E-state index in [1.807, 2.05) is 26.0 Å². The maximum Gasteiger partial charge on any atom is 0.258 e. The molecule has 0 saturated heterocycles. The van der Waals surface area contributed by atoms with Gasteiger partial charge in [0.1, 0.15) is 0 Å². The maximum absolute atomic E-state index is 13.1. The molecule has 0 aliphatic heterocycles. The van der Waals surface area contributed by atoms with Crippen molar-refractivity contribution >= 4 is 19.7 Å². The Balaban J connectivity index is 2.27. The van der Waals surface area contributed by atoms with Gasteiger partial charge in [-0.2, -0.15) is 4.98 Å². The summed E-state index contributed by atoms with van der Waals surface area (Å²) in [7, 11) is -8.19. The summed E-state index contributed by atoms with van der Waals surface area (Å²) >= 11 is 0. The first-order valence-corrected chi connectivity index (χ1v) is 11.7. The van der Waals surface area contributed by atoms with Crippen molar-refractivity contribution in [3.8, 4) is 11.5 Å². The molecule has 0 radical (unpaired) electrons. The lowest BCUT2D eigenvalue weighted by Crippen LogP contribution is -2.17. The van der Waals surface area contributed by atoms with E-state index in [0.717, 1.165) is 11.1 Å². The Morgan fingerprint density at radius 1 is 0.821 bits per heavy atom. The fourth-order valence-electron chi connectivity index (χ4n) is 2.50. The molecule has 0 spiro atoms. The third-order valence-electron chi connectivity index (χ3n) is 4.33. The lowest BCUT2D eigenvalue weighted by molar-refractivity contribution is 0.442. The van der Waals surface area contributed by atoms with E-state index in [2.05, 4.69) is 4.98 Å². The zero-order valence-electron chi connectivity index (χ0n) is 16.0. The van der Waals surface area contributed by atoms with Crippen LogP contribution < -0.4 is 0 Å². The number of hydrogen-bond donors (Lipinski definition) is 0. The van der Waals surface area contributed by atoms with Crippen LogP contribution in [0, 0.1) is 13.8 Å². The quantitative estimate of drug-likeness (QED) is 0.621. The van der Waals surface area contributed by atoms with Crippen molar-refractivity contribution < 1.29 is 21.3 Å². The van der Waals surface area contributed by atoms with Crippen LogP contribution in [0.2, 0.25) is 0 Å². The highest BCUT2D eigenvalue weighted by atomic mass is 32.2. The summed E-state index contributed by atoms with van der Waals surface area (Å²) in [6, 6.07) is 13.2. The first-order valence-electron chi connectivity index (χ1n) is 8.67. The van der Waals surface area contributed by atoms with Gasteiger partial charge >= 0.3 is 0 Å². The highest BCUT2D eigenvalue weighted by molar-refractivity contribution is 7.94. The molecular weight excluding hydrogens is 398 g/mol. The molecule has 0 unspecified atom stereocenters. The van der Waals surface area contributed by atoms with Crippen LogP contribution in [0.1, 0.15) is 25.0 Å². The van der Waals surface area contributed by atoms with E-state index in [1.165, 1.54) is 26.0 Å². The van der Waals surface area contributed by atoms with Crippen molar-refractivity contribution in [3.63, 3.8) is 0 Å². The molecule has 2 aromatic carbocycles.